The van der Waals surface area contributed by atoms with Gasteiger partial charge in [-0.3, -0.25) is 0 Å². The van der Waals surface area contributed by atoms with Crippen LogP contribution in [0.1, 0.15) is 60.4 Å². The summed E-state index contributed by atoms with van der Waals surface area (Å²) >= 11 is 1.35. The van der Waals surface area contributed by atoms with Crippen molar-refractivity contribution in [1.82, 2.24) is 0 Å². The third kappa shape index (κ3) is 7.21. The molecule has 0 saturated carbocycles. The molecule has 0 saturated heterocycles. The summed E-state index contributed by atoms with van der Waals surface area (Å²) in [6.45, 7) is 2.13. The largest absolute Gasteiger partial charge is 0.206 e. The number of halogens is 3. The number of hydrogen-bond acceptors (Lipinski definition) is 1. The third-order valence-electron chi connectivity index (χ3n) is 5.14. The van der Waals surface area contributed by atoms with Gasteiger partial charge < -0.3 is 0 Å². The fraction of sp³-hybridized carbons (Fsp3) is 0.241. The van der Waals surface area contributed by atoms with Gasteiger partial charge in [-0.25, -0.2) is 13.2 Å². The van der Waals surface area contributed by atoms with Crippen LogP contribution in [0.2, 0.25) is 0 Å². The lowest BCUT2D eigenvalue weighted by Gasteiger charge is -2.04. The Morgan fingerprint density at radius 1 is 0.667 bits per heavy atom. The molecular weight excluding hydrogens is 437 g/mol. The predicted molar refractivity (Wildman–Crippen MR) is 131 cm³/mol. The molecule has 0 aliphatic carbocycles. The van der Waals surface area contributed by atoms with Crippen LogP contribution in [0.4, 0.5) is 13.2 Å². The Morgan fingerprint density at radius 3 is 1.82 bits per heavy atom. The van der Waals surface area contributed by atoms with E-state index >= 15 is 0 Å². The summed E-state index contributed by atoms with van der Waals surface area (Å²) in [6.07, 6.45) is 6.72. The van der Waals surface area contributed by atoms with E-state index in [0.717, 1.165) is 31.2 Å². The van der Waals surface area contributed by atoms with Gasteiger partial charge in [0.05, 0.1) is 5.56 Å². The standard InChI is InChI=1S/C29H25F3S/c1-3-4-5-6-7-24-19-26(30)25(27(31)20-24)16-14-22-10-8-21(9-11-22)12-13-23-15-17-29(33-2)28(32)18-23/h8-11,15,17-20H,3-7H2,1-2H3. The summed E-state index contributed by atoms with van der Waals surface area (Å²) in [5, 5.41) is 0. The molecule has 0 nitrogen and oxygen atoms in total. The Kier molecular flexibility index (Phi) is 9.11. The molecule has 3 rings (SSSR count). The minimum atomic E-state index is -0.629. The quantitative estimate of drug-likeness (QED) is 0.205. The molecule has 0 bridgehead atoms. The van der Waals surface area contributed by atoms with Gasteiger partial charge >= 0.3 is 0 Å². The Balaban J connectivity index is 1.69. The fourth-order valence-electron chi connectivity index (χ4n) is 3.31. The lowest BCUT2D eigenvalue weighted by molar-refractivity contribution is 0.571. The van der Waals surface area contributed by atoms with E-state index in [-0.39, 0.29) is 11.4 Å². The van der Waals surface area contributed by atoms with Crippen LogP contribution in [0.5, 0.6) is 0 Å². The SMILES string of the molecule is CCCCCCc1cc(F)c(C#Cc2ccc(C#Cc3ccc(SC)c(F)c3)cc2)c(F)c1. The van der Waals surface area contributed by atoms with Crippen molar-refractivity contribution in [2.45, 2.75) is 43.9 Å². The zero-order valence-corrected chi connectivity index (χ0v) is 19.6. The van der Waals surface area contributed by atoms with Crippen LogP contribution in [-0.2, 0) is 6.42 Å². The summed E-state index contributed by atoms with van der Waals surface area (Å²) in [6, 6.07) is 14.7. The Labute approximate surface area is 198 Å². The second kappa shape index (κ2) is 12.2. The lowest BCUT2D eigenvalue weighted by atomic mass is 10.0. The molecule has 0 radical (unpaired) electrons. The number of rotatable bonds is 6. The molecule has 33 heavy (non-hydrogen) atoms. The first-order valence-electron chi connectivity index (χ1n) is 11.0. The monoisotopic (exact) mass is 462 g/mol. The first kappa shape index (κ1) is 24.6. The highest BCUT2D eigenvalue weighted by molar-refractivity contribution is 7.98. The molecule has 0 aliphatic heterocycles. The molecule has 4 heteroatoms. The van der Waals surface area contributed by atoms with E-state index in [0.29, 0.717) is 28.0 Å². The lowest BCUT2D eigenvalue weighted by Crippen LogP contribution is -1.95. The molecule has 0 spiro atoms. The third-order valence-corrected chi connectivity index (χ3v) is 5.91. The van der Waals surface area contributed by atoms with E-state index < -0.39 is 11.6 Å². The van der Waals surface area contributed by atoms with Crippen LogP contribution in [-0.4, -0.2) is 6.26 Å². The second-order valence-electron chi connectivity index (χ2n) is 7.67. The maximum atomic E-state index is 14.4. The van der Waals surface area contributed by atoms with Gasteiger partial charge in [0, 0.05) is 21.6 Å². The topological polar surface area (TPSA) is 0 Å². The molecule has 168 valence electrons. The summed E-state index contributed by atoms with van der Waals surface area (Å²) < 4.78 is 42.7. The van der Waals surface area contributed by atoms with Crippen molar-refractivity contribution >= 4 is 11.8 Å². The molecule has 3 aromatic carbocycles. The van der Waals surface area contributed by atoms with E-state index in [4.69, 9.17) is 0 Å². The van der Waals surface area contributed by atoms with Crippen molar-refractivity contribution in [3.05, 3.63) is 99.9 Å². The van der Waals surface area contributed by atoms with Crippen molar-refractivity contribution in [3.63, 3.8) is 0 Å². The van der Waals surface area contributed by atoms with Gasteiger partial charge in [-0.05, 0) is 79.3 Å². The highest BCUT2D eigenvalue weighted by Crippen LogP contribution is 2.20. The first-order chi connectivity index (χ1) is 16.0. The summed E-state index contributed by atoms with van der Waals surface area (Å²) in [5.74, 6) is 9.80. The molecule has 0 fully saturated rings. The number of unbranched alkanes of at least 4 members (excludes halogenated alkanes) is 3. The molecule has 0 heterocycles. The highest BCUT2D eigenvalue weighted by Gasteiger charge is 2.09. The summed E-state index contributed by atoms with van der Waals surface area (Å²) in [5.41, 5.74) is 2.40. The molecule has 3 aromatic rings. The van der Waals surface area contributed by atoms with E-state index in [2.05, 4.69) is 30.6 Å². The van der Waals surface area contributed by atoms with Crippen LogP contribution in [0.25, 0.3) is 0 Å². The first-order valence-corrected chi connectivity index (χ1v) is 12.2. The number of hydrogen-bond donors (Lipinski definition) is 0. The van der Waals surface area contributed by atoms with E-state index in [1.165, 1.54) is 30.0 Å². The van der Waals surface area contributed by atoms with Crippen LogP contribution < -0.4 is 0 Å². The van der Waals surface area contributed by atoms with Gasteiger partial charge in [-0.2, -0.15) is 0 Å². The second-order valence-corrected chi connectivity index (χ2v) is 8.52. The summed E-state index contributed by atoms with van der Waals surface area (Å²) in [4.78, 5) is 0.581. The number of aryl methyl sites for hydroxylation is 1. The number of benzene rings is 3. The van der Waals surface area contributed by atoms with Crippen molar-refractivity contribution in [2.75, 3.05) is 6.26 Å². The zero-order valence-electron chi connectivity index (χ0n) is 18.8. The fourth-order valence-corrected chi connectivity index (χ4v) is 3.76. The zero-order chi connectivity index (χ0) is 23.6. The van der Waals surface area contributed by atoms with Crippen molar-refractivity contribution < 1.29 is 13.2 Å². The van der Waals surface area contributed by atoms with Crippen molar-refractivity contribution in [1.29, 1.82) is 0 Å². The van der Waals surface area contributed by atoms with Crippen molar-refractivity contribution in [3.8, 4) is 23.7 Å². The normalized spacial score (nSPS) is 10.2. The smallest absolute Gasteiger partial charge is 0.142 e. The van der Waals surface area contributed by atoms with Gasteiger partial charge in [0.25, 0.3) is 0 Å². The molecular formula is C29H25F3S. The van der Waals surface area contributed by atoms with Crippen LogP contribution in [0, 0.1) is 41.1 Å². The average Bonchev–Trinajstić information content (AvgIpc) is 2.81. The maximum Gasteiger partial charge on any atom is 0.142 e. The van der Waals surface area contributed by atoms with Gasteiger partial charge in [0.2, 0.25) is 0 Å². The van der Waals surface area contributed by atoms with E-state index in [1.54, 1.807) is 36.4 Å². The summed E-state index contributed by atoms with van der Waals surface area (Å²) in [7, 11) is 0. The minimum Gasteiger partial charge on any atom is -0.206 e. The molecule has 0 amide bonds. The molecule has 0 N–H and O–H groups in total. The Morgan fingerprint density at radius 2 is 1.24 bits per heavy atom. The van der Waals surface area contributed by atoms with Gasteiger partial charge in [-0.15, -0.1) is 11.8 Å². The molecule has 0 unspecified atom stereocenters. The highest BCUT2D eigenvalue weighted by atomic mass is 32.2. The Bertz CT molecular complexity index is 1200. The van der Waals surface area contributed by atoms with E-state index in [9.17, 15) is 13.2 Å². The van der Waals surface area contributed by atoms with Crippen LogP contribution in [0.15, 0.2) is 59.5 Å². The van der Waals surface area contributed by atoms with Gasteiger partial charge in [0.15, 0.2) is 0 Å². The van der Waals surface area contributed by atoms with Crippen LogP contribution >= 0.6 is 11.8 Å². The molecule has 0 aliphatic rings. The van der Waals surface area contributed by atoms with Crippen LogP contribution in [0.3, 0.4) is 0 Å². The predicted octanol–water partition coefficient (Wildman–Crippen LogP) is 7.75. The van der Waals surface area contributed by atoms with Crippen molar-refractivity contribution in [2.24, 2.45) is 0 Å². The maximum absolute atomic E-state index is 14.4. The minimum absolute atomic E-state index is 0.216. The number of thioether (sulfide) groups is 1. The average molecular weight is 463 g/mol. The van der Waals surface area contributed by atoms with E-state index in [1.807, 2.05) is 6.26 Å². The molecule has 0 aromatic heterocycles. The van der Waals surface area contributed by atoms with Gasteiger partial charge in [-0.1, -0.05) is 49.9 Å². The Hall–Kier alpha value is -3.08. The van der Waals surface area contributed by atoms with Gasteiger partial charge in [0.1, 0.15) is 17.5 Å². The molecule has 0 atom stereocenters.